The second-order valence-corrected chi connectivity index (χ2v) is 9.24. The number of nitrogens with zero attached hydrogens (tertiary/aromatic N) is 4. The summed E-state index contributed by atoms with van der Waals surface area (Å²) in [5.41, 5.74) is 4.82. The van der Waals surface area contributed by atoms with Gasteiger partial charge in [-0.25, -0.2) is 15.0 Å². The number of rotatable bonds is 9. The first-order valence-corrected chi connectivity index (χ1v) is 12.3. The molecule has 10 heteroatoms. The van der Waals surface area contributed by atoms with Crippen LogP contribution < -0.4 is 14.8 Å². The fourth-order valence-corrected chi connectivity index (χ4v) is 4.19. The Bertz CT molecular complexity index is 1460. The maximum atomic E-state index is 12.7. The lowest BCUT2D eigenvalue weighted by atomic mass is 10.0. The van der Waals surface area contributed by atoms with E-state index >= 15 is 0 Å². The summed E-state index contributed by atoms with van der Waals surface area (Å²) in [5, 5.41) is 3.87. The lowest BCUT2D eigenvalue weighted by molar-refractivity contribution is -0.111. The van der Waals surface area contributed by atoms with Crippen molar-refractivity contribution in [1.29, 1.82) is 0 Å². The van der Waals surface area contributed by atoms with Gasteiger partial charge < -0.3 is 29.4 Å². The van der Waals surface area contributed by atoms with E-state index in [-0.39, 0.29) is 12.0 Å². The number of nitrogens with one attached hydrogen (secondary N) is 2. The molecule has 1 amide bonds. The number of pyridine rings is 3. The molecule has 5 heterocycles. The Morgan fingerprint density at radius 2 is 2.03 bits per heavy atom. The highest BCUT2D eigenvalue weighted by Crippen LogP contribution is 2.34. The second-order valence-electron chi connectivity index (χ2n) is 9.24. The van der Waals surface area contributed by atoms with Crippen LogP contribution in [-0.4, -0.2) is 77.8 Å². The summed E-state index contributed by atoms with van der Waals surface area (Å²) in [5.74, 6) is 0.638. The Morgan fingerprint density at radius 1 is 1.18 bits per heavy atom. The molecule has 0 spiro atoms. The number of hydrogen-bond acceptors (Lipinski definition) is 8. The van der Waals surface area contributed by atoms with Crippen LogP contribution in [0.4, 0.5) is 5.69 Å². The van der Waals surface area contributed by atoms with Crippen LogP contribution in [0.3, 0.4) is 0 Å². The van der Waals surface area contributed by atoms with Crippen LogP contribution in [0.2, 0.25) is 0 Å². The van der Waals surface area contributed by atoms with E-state index in [2.05, 4.69) is 25.3 Å². The fourth-order valence-electron chi connectivity index (χ4n) is 4.19. The zero-order chi connectivity index (χ0) is 26.5. The maximum Gasteiger partial charge on any atom is 0.248 e. The number of fused-ring (bicyclic) bond motifs is 1. The number of ether oxygens (including phenoxy) is 3. The van der Waals surface area contributed by atoms with Gasteiger partial charge in [-0.05, 0) is 37.9 Å². The zero-order valence-electron chi connectivity index (χ0n) is 21.6. The van der Waals surface area contributed by atoms with E-state index < -0.39 is 0 Å². The van der Waals surface area contributed by atoms with Crippen LogP contribution in [0.15, 0.2) is 61.2 Å². The molecule has 1 saturated heterocycles. The monoisotopic (exact) mass is 514 g/mol. The number of hydrogen-bond donors (Lipinski definition) is 2. The highest BCUT2D eigenvalue weighted by Gasteiger charge is 2.21. The molecule has 0 radical (unpaired) electrons. The SMILES string of the molecule is COc1cc(-c2c[nH]c3ncc(-c4cnc(OC5CCOC5)c(NC(=O)/C=C/CN(C)C)c4)cc23)ccn1. The molecule has 0 aliphatic carbocycles. The van der Waals surface area contributed by atoms with Crippen LogP contribution in [0.1, 0.15) is 6.42 Å². The number of H-pyrrole nitrogens is 1. The molecular formula is C28H30N6O4. The molecule has 196 valence electrons. The van der Waals surface area contributed by atoms with Crippen LogP contribution in [-0.2, 0) is 9.53 Å². The van der Waals surface area contributed by atoms with Crippen LogP contribution in [0.25, 0.3) is 33.3 Å². The molecule has 4 aromatic rings. The quantitative estimate of drug-likeness (QED) is 0.323. The third-order valence-corrected chi connectivity index (χ3v) is 6.13. The van der Waals surface area contributed by atoms with E-state index in [0.29, 0.717) is 37.2 Å². The number of methoxy groups -OCH3 is 1. The molecule has 10 nitrogen and oxygen atoms in total. The second kappa shape index (κ2) is 11.4. The van der Waals surface area contributed by atoms with Gasteiger partial charge in [0.15, 0.2) is 0 Å². The first-order valence-electron chi connectivity index (χ1n) is 12.3. The van der Waals surface area contributed by atoms with E-state index in [0.717, 1.165) is 39.7 Å². The number of aromatic amines is 1. The van der Waals surface area contributed by atoms with Crippen LogP contribution in [0, 0.1) is 0 Å². The number of carbonyl (C=O) groups excluding carboxylic acids is 1. The average Bonchev–Trinajstić information content (AvgIpc) is 3.59. The lowest BCUT2D eigenvalue weighted by Gasteiger charge is -2.16. The Hall–Kier alpha value is -4.28. The Morgan fingerprint density at radius 3 is 2.82 bits per heavy atom. The molecular weight excluding hydrogens is 484 g/mol. The molecule has 1 aliphatic heterocycles. The topological polar surface area (TPSA) is 114 Å². The van der Waals surface area contributed by atoms with Crippen molar-refractivity contribution in [3.05, 3.63) is 61.2 Å². The average molecular weight is 515 g/mol. The largest absolute Gasteiger partial charge is 0.481 e. The van der Waals surface area contributed by atoms with Gasteiger partial charge in [0.1, 0.15) is 17.4 Å². The molecule has 1 atom stereocenters. The first kappa shape index (κ1) is 25.4. The number of amides is 1. The van der Waals surface area contributed by atoms with Crippen molar-refractivity contribution >= 4 is 22.6 Å². The predicted molar refractivity (Wildman–Crippen MR) is 145 cm³/mol. The highest BCUT2D eigenvalue weighted by molar-refractivity contribution is 6.01. The zero-order valence-corrected chi connectivity index (χ0v) is 21.6. The minimum absolute atomic E-state index is 0.105. The smallest absolute Gasteiger partial charge is 0.248 e. The number of carbonyl (C=O) groups is 1. The third kappa shape index (κ3) is 5.82. The van der Waals surface area contributed by atoms with Crippen LogP contribution >= 0.6 is 0 Å². The summed E-state index contributed by atoms with van der Waals surface area (Å²) in [6.45, 7) is 1.80. The Kier molecular flexibility index (Phi) is 7.62. The van der Waals surface area contributed by atoms with Gasteiger partial charge in [-0.3, -0.25) is 4.79 Å². The Labute approximate surface area is 220 Å². The van der Waals surface area contributed by atoms with Crippen LogP contribution in [0.5, 0.6) is 11.8 Å². The molecule has 1 aliphatic rings. The fraction of sp³-hybridized carbons (Fsp3) is 0.286. The van der Waals surface area contributed by atoms with E-state index in [4.69, 9.17) is 14.2 Å². The van der Waals surface area contributed by atoms with Gasteiger partial charge in [-0.2, -0.15) is 0 Å². The standard InChI is InChI=1S/C28H30N6O4/c1-34(2)9-4-5-25(35)33-24-12-20(15-32-28(24)38-21-7-10-37-17-21)19-11-22-23(16-31-27(22)30-14-19)18-6-8-29-26(13-18)36-3/h4-6,8,11-16,21H,7,9-10,17H2,1-3H3,(H,30,31)(H,33,35)/b5-4+. The van der Waals surface area contributed by atoms with Crippen molar-refractivity contribution in [1.82, 2.24) is 24.8 Å². The first-order chi connectivity index (χ1) is 18.5. The van der Waals surface area contributed by atoms with Gasteiger partial charge in [0, 0.05) is 72.0 Å². The summed E-state index contributed by atoms with van der Waals surface area (Å²) < 4.78 is 16.8. The van der Waals surface area contributed by atoms with Crippen molar-refractivity contribution in [2.24, 2.45) is 0 Å². The minimum atomic E-state index is -0.258. The van der Waals surface area contributed by atoms with Gasteiger partial charge in [-0.15, -0.1) is 0 Å². The van der Waals surface area contributed by atoms with E-state index in [9.17, 15) is 4.79 Å². The van der Waals surface area contributed by atoms with Crippen molar-refractivity contribution in [3.8, 4) is 34.0 Å². The molecule has 5 rings (SSSR count). The molecule has 1 fully saturated rings. The lowest BCUT2D eigenvalue weighted by Crippen LogP contribution is -2.19. The molecule has 0 aromatic carbocycles. The van der Waals surface area contributed by atoms with Gasteiger partial charge in [-0.1, -0.05) is 6.08 Å². The van der Waals surface area contributed by atoms with Crippen molar-refractivity contribution in [3.63, 3.8) is 0 Å². The van der Waals surface area contributed by atoms with Crippen molar-refractivity contribution in [2.75, 3.05) is 46.3 Å². The summed E-state index contributed by atoms with van der Waals surface area (Å²) in [4.78, 5) is 31.3. The van der Waals surface area contributed by atoms with Gasteiger partial charge in [0.2, 0.25) is 17.7 Å². The van der Waals surface area contributed by atoms with Gasteiger partial charge in [0.25, 0.3) is 0 Å². The predicted octanol–water partition coefficient (Wildman–Crippen LogP) is 3.92. The minimum Gasteiger partial charge on any atom is -0.481 e. The number of likely N-dealkylation sites (N-methyl/N-ethyl adjacent to an activating group) is 1. The summed E-state index contributed by atoms with van der Waals surface area (Å²) >= 11 is 0. The normalized spacial score (nSPS) is 15.4. The summed E-state index contributed by atoms with van der Waals surface area (Å²) in [7, 11) is 5.48. The molecule has 0 bridgehead atoms. The maximum absolute atomic E-state index is 12.7. The highest BCUT2D eigenvalue weighted by atomic mass is 16.5. The number of aromatic nitrogens is 4. The molecule has 0 saturated carbocycles. The Balaban J connectivity index is 1.48. The van der Waals surface area contributed by atoms with Gasteiger partial charge >= 0.3 is 0 Å². The van der Waals surface area contributed by atoms with E-state index in [1.54, 1.807) is 31.8 Å². The van der Waals surface area contributed by atoms with E-state index in [1.165, 1.54) is 6.08 Å². The third-order valence-electron chi connectivity index (χ3n) is 6.13. The molecule has 4 aromatic heterocycles. The van der Waals surface area contributed by atoms with Gasteiger partial charge in [0.05, 0.1) is 20.3 Å². The summed E-state index contributed by atoms with van der Waals surface area (Å²) in [6.07, 6.45) is 11.1. The van der Waals surface area contributed by atoms with E-state index in [1.807, 2.05) is 49.5 Å². The molecule has 1 unspecified atom stereocenters. The molecule has 38 heavy (non-hydrogen) atoms. The van der Waals surface area contributed by atoms with Crippen molar-refractivity contribution in [2.45, 2.75) is 12.5 Å². The summed E-state index contributed by atoms with van der Waals surface area (Å²) in [6, 6.07) is 7.72. The number of anilines is 1. The molecule has 2 N–H and O–H groups in total. The van der Waals surface area contributed by atoms with Crippen molar-refractivity contribution < 1.29 is 19.0 Å².